The summed E-state index contributed by atoms with van der Waals surface area (Å²) in [5.74, 6) is 0. The van der Waals surface area contributed by atoms with Gasteiger partial charge in [-0.25, -0.2) is 0 Å². The van der Waals surface area contributed by atoms with Crippen LogP contribution in [-0.2, 0) is 5.41 Å². The molecule has 0 bridgehead atoms. The standard InChI is InChI=1S/C55H41N/c1-55(2)52-36-46(44-26-24-42(25-27-44)41-22-20-40(21-23-41)38-12-5-3-6-13-38)30-34-50(52)51-35-33-48(37-53(51)55)56(54-19-11-17-45-16-9-10-18-49(45)54)47-31-28-43(29-32-47)39-14-7-4-8-15-39/h3-37H,1-2H3. The molecule has 0 N–H and O–H groups in total. The van der Waals surface area contributed by atoms with Crippen LogP contribution in [-0.4, -0.2) is 0 Å². The summed E-state index contributed by atoms with van der Waals surface area (Å²) in [5.41, 5.74) is 18.4. The number of nitrogens with zero attached hydrogens (tertiary/aromatic N) is 1. The van der Waals surface area contributed by atoms with E-state index < -0.39 is 0 Å². The molecule has 9 aromatic rings. The molecule has 0 heterocycles. The lowest BCUT2D eigenvalue weighted by Crippen LogP contribution is -2.16. The quantitative estimate of drug-likeness (QED) is 0.159. The summed E-state index contributed by atoms with van der Waals surface area (Å²) in [6.07, 6.45) is 0. The minimum atomic E-state index is -0.182. The van der Waals surface area contributed by atoms with Crippen LogP contribution in [0.1, 0.15) is 25.0 Å². The third-order valence-corrected chi connectivity index (χ3v) is 11.7. The van der Waals surface area contributed by atoms with Gasteiger partial charge >= 0.3 is 0 Å². The largest absolute Gasteiger partial charge is 0.310 e. The van der Waals surface area contributed by atoms with E-state index in [2.05, 4.69) is 231 Å². The SMILES string of the molecule is CC1(C)c2cc(-c3ccc(-c4ccc(-c5ccccc5)cc4)cc3)ccc2-c2ccc(N(c3ccc(-c4ccccc4)cc3)c3cccc4ccccc34)cc21. The highest BCUT2D eigenvalue weighted by Crippen LogP contribution is 2.52. The lowest BCUT2D eigenvalue weighted by atomic mass is 9.81. The minimum absolute atomic E-state index is 0.182. The fraction of sp³-hybridized carbons (Fsp3) is 0.0545. The fourth-order valence-corrected chi connectivity index (χ4v) is 8.65. The first-order chi connectivity index (χ1) is 27.5. The zero-order chi connectivity index (χ0) is 37.6. The molecule has 0 spiro atoms. The molecule has 1 aliphatic carbocycles. The molecule has 0 saturated carbocycles. The van der Waals surface area contributed by atoms with Crippen LogP contribution in [0, 0.1) is 0 Å². The highest BCUT2D eigenvalue weighted by molar-refractivity contribution is 5.99. The molecule has 0 radical (unpaired) electrons. The molecule has 1 nitrogen and oxygen atoms in total. The molecule has 0 aromatic heterocycles. The van der Waals surface area contributed by atoms with Crippen LogP contribution >= 0.6 is 0 Å². The highest BCUT2D eigenvalue weighted by Gasteiger charge is 2.36. The molecule has 1 aliphatic rings. The Labute approximate surface area is 329 Å². The van der Waals surface area contributed by atoms with Crippen molar-refractivity contribution in [2.24, 2.45) is 0 Å². The maximum absolute atomic E-state index is 2.43. The van der Waals surface area contributed by atoms with E-state index in [-0.39, 0.29) is 5.41 Å². The Morgan fingerprint density at radius 3 is 1.32 bits per heavy atom. The van der Waals surface area contributed by atoms with Gasteiger partial charge in [0.15, 0.2) is 0 Å². The van der Waals surface area contributed by atoms with E-state index in [4.69, 9.17) is 0 Å². The second kappa shape index (κ2) is 13.7. The molecule has 56 heavy (non-hydrogen) atoms. The Kier molecular flexibility index (Phi) is 8.23. The first-order valence-electron chi connectivity index (χ1n) is 19.5. The maximum Gasteiger partial charge on any atom is 0.0540 e. The van der Waals surface area contributed by atoms with Crippen molar-refractivity contribution >= 4 is 27.8 Å². The van der Waals surface area contributed by atoms with Crippen molar-refractivity contribution in [2.45, 2.75) is 19.3 Å². The minimum Gasteiger partial charge on any atom is -0.310 e. The van der Waals surface area contributed by atoms with Gasteiger partial charge < -0.3 is 4.90 Å². The van der Waals surface area contributed by atoms with Crippen molar-refractivity contribution in [3.63, 3.8) is 0 Å². The van der Waals surface area contributed by atoms with Gasteiger partial charge in [-0.1, -0.05) is 190 Å². The van der Waals surface area contributed by atoms with Gasteiger partial charge in [0.05, 0.1) is 5.69 Å². The average Bonchev–Trinajstić information content (AvgIpc) is 3.49. The van der Waals surface area contributed by atoms with E-state index >= 15 is 0 Å². The Hall–Kier alpha value is -6.96. The third-order valence-electron chi connectivity index (χ3n) is 11.7. The van der Waals surface area contributed by atoms with Crippen LogP contribution < -0.4 is 4.90 Å². The molecule has 0 unspecified atom stereocenters. The Morgan fingerprint density at radius 2 is 0.732 bits per heavy atom. The Morgan fingerprint density at radius 1 is 0.321 bits per heavy atom. The van der Waals surface area contributed by atoms with Gasteiger partial charge in [0.2, 0.25) is 0 Å². The zero-order valence-corrected chi connectivity index (χ0v) is 31.7. The van der Waals surface area contributed by atoms with Crippen molar-refractivity contribution in [3.05, 3.63) is 223 Å². The molecule has 10 rings (SSSR count). The van der Waals surface area contributed by atoms with Crippen molar-refractivity contribution in [2.75, 3.05) is 4.90 Å². The Bertz CT molecular complexity index is 2830. The molecule has 0 amide bonds. The highest BCUT2D eigenvalue weighted by atomic mass is 15.1. The molecule has 0 aliphatic heterocycles. The first kappa shape index (κ1) is 33.6. The molecule has 0 fully saturated rings. The van der Waals surface area contributed by atoms with Crippen LogP contribution in [0.2, 0.25) is 0 Å². The molecule has 9 aromatic carbocycles. The van der Waals surface area contributed by atoms with Crippen LogP contribution in [0.5, 0.6) is 0 Å². The lowest BCUT2D eigenvalue weighted by Gasteiger charge is -2.29. The van der Waals surface area contributed by atoms with E-state index in [0.717, 1.165) is 11.4 Å². The van der Waals surface area contributed by atoms with Crippen LogP contribution in [0.3, 0.4) is 0 Å². The van der Waals surface area contributed by atoms with E-state index in [0.29, 0.717) is 0 Å². The van der Waals surface area contributed by atoms with E-state index in [1.54, 1.807) is 0 Å². The second-order valence-electron chi connectivity index (χ2n) is 15.4. The lowest BCUT2D eigenvalue weighted by molar-refractivity contribution is 0.660. The zero-order valence-electron chi connectivity index (χ0n) is 31.7. The predicted octanol–water partition coefficient (Wildman–Crippen LogP) is 15.3. The van der Waals surface area contributed by atoms with Crippen molar-refractivity contribution < 1.29 is 0 Å². The van der Waals surface area contributed by atoms with Crippen molar-refractivity contribution in [1.82, 2.24) is 0 Å². The number of fused-ring (bicyclic) bond motifs is 4. The second-order valence-corrected chi connectivity index (χ2v) is 15.4. The van der Waals surface area contributed by atoms with Crippen LogP contribution in [0.4, 0.5) is 17.1 Å². The van der Waals surface area contributed by atoms with Gasteiger partial charge in [-0.15, -0.1) is 0 Å². The van der Waals surface area contributed by atoms with Gasteiger partial charge in [-0.05, 0) is 109 Å². The third kappa shape index (κ3) is 5.90. The van der Waals surface area contributed by atoms with Gasteiger partial charge in [0, 0.05) is 22.2 Å². The van der Waals surface area contributed by atoms with Crippen molar-refractivity contribution in [1.29, 1.82) is 0 Å². The number of rotatable bonds is 7. The molecule has 1 heteroatoms. The van der Waals surface area contributed by atoms with Gasteiger partial charge in [-0.2, -0.15) is 0 Å². The maximum atomic E-state index is 2.43. The predicted molar refractivity (Wildman–Crippen MR) is 238 cm³/mol. The van der Waals surface area contributed by atoms with Gasteiger partial charge in [0.25, 0.3) is 0 Å². The molecular formula is C55H41N. The summed E-state index contributed by atoms with van der Waals surface area (Å²) in [6.45, 7) is 4.76. The van der Waals surface area contributed by atoms with E-state index in [9.17, 15) is 0 Å². The summed E-state index contributed by atoms with van der Waals surface area (Å²) in [5, 5.41) is 2.45. The smallest absolute Gasteiger partial charge is 0.0540 e. The van der Waals surface area contributed by atoms with Gasteiger partial charge in [-0.3, -0.25) is 0 Å². The average molecular weight is 716 g/mol. The normalized spacial score (nSPS) is 12.6. The van der Waals surface area contributed by atoms with Gasteiger partial charge in [0.1, 0.15) is 0 Å². The van der Waals surface area contributed by atoms with Crippen molar-refractivity contribution in [3.8, 4) is 55.6 Å². The molecule has 0 atom stereocenters. The summed E-state index contributed by atoms with van der Waals surface area (Å²) < 4.78 is 0. The first-order valence-corrected chi connectivity index (χ1v) is 19.5. The fourth-order valence-electron chi connectivity index (χ4n) is 8.65. The number of benzene rings is 9. The molecular weight excluding hydrogens is 675 g/mol. The van der Waals surface area contributed by atoms with Crippen LogP contribution in [0.25, 0.3) is 66.4 Å². The molecule has 0 saturated heterocycles. The monoisotopic (exact) mass is 715 g/mol. The molecule has 266 valence electrons. The summed E-state index contributed by atoms with van der Waals surface area (Å²) >= 11 is 0. The van der Waals surface area contributed by atoms with E-state index in [1.807, 2.05) is 0 Å². The number of hydrogen-bond acceptors (Lipinski definition) is 1. The van der Waals surface area contributed by atoms with E-state index in [1.165, 1.54) is 83.2 Å². The summed E-state index contributed by atoms with van der Waals surface area (Å²) in [4.78, 5) is 2.43. The number of anilines is 3. The summed E-state index contributed by atoms with van der Waals surface area (Å²) in [6, 6.07) is 77.5. The number of hydrogen-bond donors (Lipinski definition) is 0. The Balaban J connectivity index is 0.990. The topological polar surface area (TPSA) is 3.24 Å². The van der Waals surface area contributed by atoms with Crippen LogP contribution in [0.15, 0.2) is 212 Å². The summed E-state index contributed by atoms with van der Waals surface area (Å²) in [7, 11) is 0.